The minimum Gasteiger partial charge on any atom is -0.361 e. The number of para-hydroxylation sites is 1. The van der Waals surface area contributed by atoms with Gasteiger partial charge in [0.15, 0.2) is 0 Å². The summed E-state index contributed by atoms with van der Waals surface area (Å²) in [6.45, 7) is 3.35. The molecule has 0 aliphatic carbocycles. The van der Waals surface area contributed by atoms with E-state index in [4.69, 9.17) is 0 Å². The molecule has 0 amide bonds. The van der Waals surface area contributed by atoms with Crippen LogP contribution in [0.5, 0.6) is 0 Å². The minimum absolute atomic E-state index is 0.154. The van der Waals surface area contributed by atoms with Crippen molar-refractivity contribution in [1.29, 1.82) is 0 Å². The van der Waals surface area contributed by atoms with Crippen molar-refractivity contribution in [2.24, 2.45) is 0 Å². The number of fused-ring (bicyclic) bond motifs is 1. The third-order valence-electron chi connectivity index (χ3n) is 5.28. The molecule has 1 aliphatic rings. The number of aromatic nitrogens is 1. The van der Waals surface area contributed by atoms with Gasteiger partial charge in [-0.25, -0.2) is 4.39 Å². The smallest absolute Gasteiger partial charge is 0.123 e. The molecule has 0 atom stereocenters. The van der Waals surface area contributed by atoms with Crippen molar-refractivity contribution >= 4 is 10.9 Å². The molecular formula is C21H23FN2. The topological polar surface area (TPSA) is 19.0 Å². The Kier molecular flexibility index (Phi) is 4.35. The van der Waals surface area contributed by atoms with Gasteiger partial charge in [-0.1, -0.05) is 30.3 Å². The molecule has 1 aromatic heterocycles. The molecule has 0 bridgehead atoms. The van der Waals surface area contributed by atoms with Gasteiger partial charge in [-0.15, -0.1) is 0 Å². The maximum atomic E-state index is 13.0. The van der Waals surface area contributed by atoms with Gasteiger partial charge < -0.3 is 9.88 Å². The maximum Gasteiger partial charge on any atom is 0.123 e. The number of hydrogen-bond donors (Lipinski definition) is 1. The molecule has 2 nitrogen and oxygen atoms in total. The quantitative estimate of drug-likeness (QED) is 0.736. The van der Waals surface area contributed by atoms with Crippen LogP contribution in [-0.2, 0) is 6.42 Å². The number of benzene rings is 2. The zero-order valence-corrected chi connectivity index (χ0v) is 13.8. The fraction of sp³-hybridized carbons (Fsp3) is 0.333. The number of hydrogen-bond acceptors (Lipinski definition) is 1. The fourth-order valence-corrected chi connectivity index (χ4v) is 3.84. The number of halogens is 1. The molecule has 3 heteroatoms. The predicted octanol–water partition coefficient (Wildman–Crippen LogP) is 4.73. The molecule has 24 heavy (non-hydrogen) atoms. The van der Waals surface area contributed by atoms with Gasteiger partial charge in [0.1, 0.15) is 5.82 Å². The molecule has 0 spiro atoms. The monoisotopic (exact) mass is 322 g/mol. The normalized spacial score (nSPS) is 16.7. The van der Waals surface area contributed by atoms with Crippen LogP contribution in [0.4, 0.5) is 4.39 Å². The van der Waals surface area contributed by atoms with Crippen molar-refractivity contribution in [2.75, 3.05) is 19.6 Å². The first-order chi connectivity index (χ1) is 11.8. The van der Waals surface area contributed by atoms with E-state index in [0.29, 0.717) is 5.92 Å². The Morgan fingerprint density at radius 1 is 1.00 bits per heavy atom. The molecule has 1 aliphatic heterocycles. The van der Waals surface area contributed by atoms with Crippen LogP contribution in [0.25, 0.3) is 10.9 Å². The summed E-state index contributed by atoms with van der Waals surface area (Å²) in [7, 11) is 0. The van der Waals surface area contributed by atoms with Crippen LogP contribution >= 0.6 is 0 Å². The summed E-state index contributed by atoms with van der Waals surface area (Å²) in [6.07, 6.45) is 5.62. The van der Waals surface area contributed by atoms with E-state index in [2.05, 4.69) is 40.3 Å². The number of aromatic amines is 1. The number of nitrogens with one attached hydrogen (secondary N) is 1. The Balaban J connectivity index is 1.34. The summed E-state index contributed by atoms with van der Waals surface area (Å²) in [5, 5.41) is 1.38. The molecule has 4 rings (SSSR count). The molecule has 0 radical (unpaired) electrons. The van der Waals surface area contributed by atoms with Crippen molar-refractivity contribution in [1.82, 2.24) is 9.88 Å². The van der Waals surface area contributed by atoms with Crippen molar-refractivity contribution < 1.29 is 4.39 Å². The minimum atomic E-state index is -0.154. The Bertz CT molecular complexity index is 798. The Labute approximate surface area is 142 Å². The van der Waals surface area contributed by atoms with Crippen molar-refractivity contribution in [3.05, 3.63) is 71.7 Å². The summed E-state index contributed by atoms with van der Waals surface area (Å²) in [6, 6.07) is 15.5. The molecule has 1 fully saturated rings. The molecule has 1 saturated heterocycles. The van der Waals surface area contributed by atoms with Gasteiger partial charge in [-0.05, 0) is 67.6 Å². The summed E-state index contributed by atoms with van der Waals surface area (Å²) in [5.74, 6) is 0.501. The van der Waals surface area contributed by atoms with Crippen molar-refractivity contribution in [2.45, 2.75) is 25.2 Å². The fourth-order valence-electron chi connectivity index (χ4n) is 3.84. The van der Waals surface area contributed by atoms with Gasteiger partial charge in [-0.2, -0.15) is 0 Å². The van der Waals surface area contributed by atoms with Crippen molar-refractivity contribution in [3.8, 4) is 0 Å². The molecular weight excluding hydrogens is 299 g/mol. The average molecular weight is 322 g/mol. The predicted molar refractivity (Wildman–Crippen MR) is 96.8 cm³/mol. The Morgan fingerprint density at radius 3 is 2.54 bits per heavy atom. The van der Waals surface area contributed by atoms with Crippen molar-refractivity contribution in [3.63, 3.8) is 0 Å². The van der Waals surface area contributed by atoms with E-state index in [9.17, 15) is 4.39 Å². The lowest BCUT2D eigenvalue weighted by molar-refractivity contribution is 0.215. The van der Waals surface area contributed by atoms with Gasteiger partial charge in [0.05, 0.1) is 0 Å². The van der Waals surface area contributed by atoms with E-state index < -0.39 is 0 Å². The highest BCUT2D eigenvalue weighted by Crippen LogP contribution is 2.33. The molecule has 124 valence electrons. The number of piperidine rings is 1. The second-order valence-corrected chi connectivity index (χ2v) is 6.78. The lowest BCUT2D eigenvalue weighted by Gasteiger charge is -2.32. The zero-order chi connectivity index (χ0) is 16.4. The van der Waals surface area contributed by atoms with E-state index in [-0.39, 0.29) is 5.82 Å². The zero-order valence-electron chi connectivity index (χ0n) is 13.8. The Morgan fingerprint density at radius 2 is 1.75 bits per heavy atom. The largest absolute Gasteiger partial charge is 0.361 e. The van der Waals surface area contributed by atoms with Gasteiger partial charge in [-0.3, -0.25) is 0 Å². The van der Waals surface area contributed by atoms with Crippen LogP contribution in [0.1, 0.15) is 29.9 Å². The van der Waals surface area contributed by atoms with Gasteiger partial charge in [0.2, 0.25) is 0 Å². The number of likely N-dealkylation sites (tertiary alicyclic amines) is 1. The summed E-state index contributed by atoms with van der Waals surface area (Å²) in [5.41, 5.74) is 3.94. The van der Waals surface area contributed by atoms with Gasteiger partial charge in [0, 0.05) is 23.6 Å². The first-order valence-electron chi connectivity index (χ1n) is 8.82. The van der Waals surface area contributed by atoms with Crippen LogP contribution < -0.4 is 0 Å². The number of rotatable bonds is 4. The highest BCUT2D eigenvalue weighted by Gasteiger charge is 2.22. The highest BCUT2D eigenvalue weighted by atomic mass is 19.1. The van der Waals surface area contributed by atoms with Crippen LogP contribution in [0.2, 0.25) is 0 Å². The number of H-pyrrole nitrogens is 1. The van der Waals surface area contributed by atoms with E-state index in [1.54, 1.807) is 12.1 Å². The van der Waals surface area contributed by atoms with Crippen LogP contribution in [0.3, 0.4) is 0 Å². The van der Waals surface area contributed by atoms with Gasteiger partial charge >= 0.3 is 0 Å². The molecule has 2 aromatic carbocycles. The highest BCUT2D eigenvalue weighted by molar-refractivity contribution is 5.83. The standard InChI is InChI=1S/C21H23FN2/c22-18-7-5-16(6-8-18)9-12-24-13-10-17(11-14-24)20-15-23-21-4-2-1-3-19(20)21/h1-8,15,17,23H,9-14H2. The van der Waals surface area contributed by atoms with Crippen LogP contribution in [-0.4, -0.2) is 29.5 Å². The van der Waals surface area contributed by atoms with Gasteiger partial charge in [0.25, 0.3) is 0 Å². The lowest BCUT2D eigenvalue weighted by atomic mass is 9.89. The second-order valence-electron chi connectivity index (χ2n) is 6.78. The number of nitrogens with zero attached hydrogens (tertiary/aromatic N) is 1. The molecule has 0 saturated carbocycles. The van der Waals surface area contributed by atoms with E-state index >= 15 is 0 Å². The Hall–Kier alpha value is -2.13. The maximum absolute atomic E-state index is 13.0. The third-order valence-corrected chi connectivity index (χ3v) is 5.28. The first kappa shape index (κ1) is 15.4. The third kappa shape index (κ3) is 3.22. The van der Waals surface area contributed by atoms with E-state index in [1.165, 1.54) is 34.9 Å². The first-order valence-corrected chi connectivity index (χ1v) is 8.82. The molecule has 3 aromatic rings. The molecule has 1 N–H and O–H groups in total. The van der Waals surface area contributed by atoms with Crippen LogP contribution in [0, 0.1) is 5.82 Å². The lowest BCUT2D eigenvalue weighted by Crippen LogP contribution is -2.34. The molecule has 2 heterocycles. The SMILES string of the molecule is Fc1ccc(CCN2CCC(c3c[nH]c4ccccc34)CC2)cc1. The summed E-state index contributed by atoms with van der Waals surface area (Å²) in [4.78, 5) is 5.94. The van der Waals surface area contributed by atoms with Crippen LogP contribution in [0.15, 0.2) is 54.7 Å². The summed E-state index contributed by atoms with van der Waals surface area (Å²) < 4.78 is 13.0. The van der Waals surface area contributed by atoms with E-state index in [1.807, 2.05) is 12.1 Å². The molecule has 0 unspecified atom stereocenters. The van der Waals surface area contributed by atoms with E-state index in [0.717, 1.165) is 26.1 Å². The second kappa shape index (κ2) is 6.78. The average Bonchev–Trinajstić information content (AvgIpc) is 3.06. The summed E-state index contributed by atoms with van der Waals surface area (Å²) >= 11 is 0.